The van der Waals surface area contributed by atoms with Crippen LogP contribution in [0.5, 0.6) is 5.75 Å². The number of ether oxygens (including phenoxy) is 2. The van der Waals surface area contributed by atoms with Gasteiger partial charge in [0.25, 0.3) is 5.69 Å². The summed E-state index contributed by atoms with van der Waals surface area (Å²) in [6.07, 6.45) is 3.62. The van der Waals surface area contributed by atoms with E-state index in [-0.39, 0.29) is 25.1 Å². The summed E-state index contributed by atoms with van der Waals surface area (Å²) in [4.78, 5) is 35.8. The number of carbonyl (C=O) groups is 2. The minimum atomic E-state index is -1.16. The number of rotatable bonds is 8. The van der Waals surface area contributed by atoms with E-state index in [9.17, 15) is 19.7 Å². The third-order valence-electron chi connectivity index (χ3n) is 6.68. The highest BCUT2D eigenvalue weighted by atomic mass is 16.6. The van der Waals surface area contributed by atoms with E-state index in [1.54, 1.807) is 6.07 Å². The maximum Gasteiger partial charge on any atom is 0.320 e. The number of nitro groups is 1. The Morgan fingerprint density at radius 2 is 2.00 bits per heavy atom. The van der Waals surface area contributed by atoms with Gasteiger partial charge in [0, 0.05) is 29.8 Å². The standard InChI is InChI=1S/C25H27N3O7/c1-24(2)18-5-3-4-6-20(18)27(13-14-34-22(29)10-8-19(26)23(30)31)25(24)12-11-16-15-17(28(32)33)7-9-21(16)35-25/h3-7,9,11-12,15,19H,8,10,13-14,26H2,1-2H3,(H,30,31). The van der Waals surface area contributed by atoms with Crippen molar-refractivity contribution in [2.24, 2.45) is 5.73 Å². The Kier molecular flexibility index (Phi) is 6.25. The molecule has 1 spiro atoms. The number of carbonyl (C=O) groups excluding carboxylic acids is 1. The molecule has 2 aliphatic heterocycles. The number of carboxylic acid groups (broad SMARTS) is 1. The molecule has 0 saturated heterocycles. The summed E-state index contributed by atoms with van der Waals surface area (Å²) < 4.78 is 12.0. The van der Waals surface area contributed by atoms with Crippen molar-refractivity contribution in [1.82, 2.24) is 0 Å². The monoisotopic (exact) mass is 481 g/mol. The van der Waals surface area contributed by atoms with Gasteiger partial charge in [-0.1, -0.05) is 18.2 Å². The van der Waals surface area contributed by atoms with E-state index in [4.69, 9.17) is 20.3 Å². The summed E-state index contributed by atoms with van der Waals surface area (Å²) in [6, 6.07) is 11.2. The fourth-order valence-corrected chi connectivity index (χ4v) is 4.71. The summed E-state index contributed by atoms with van der Waals surface area (Å²) in [5.74, 6) is -1.17. The molecule has 10 nitrogen and oxygen atoms in total. The second-order valence-corrected chi connectivity index (χ2v) is 9.11. The lowest BCUT2D eigenvalue weighted by Crippen LogP contribution is -2.60. The highest BCUT2D eigenvalue weighted by Gasteiger charge is 2.58. The summed E-state index contributed by atoms with van der Waals surface area (Å²) >= 11 is 0. The number of aliphatic carboxylic acids is 1. The van der Waals surface area contributed by atoms with Crippen molar-refractivity contribution < 1.29 is 29.1 Å². The summed E-state index contributed by atoms with van der Waals surface area (Å²) in [6.45, 7) is 4.49. The van der Waals surface area contributed by atoms with E-state index in [0.717, 1.165) is 11.3 Å². The van der Waals surface area contributed by atoms with Gasteiger partial charge in [0.2, 0.25) is 5.72 Å². The zero-order chi connectivity index (χ0) is 25.4. The van der Waals surface area contributed by atoms with Crippen LogP contribution >= 0.6 is 0 Å². The van der Waals surface area contributed by atoms with Gasteiger partial charge in [-0.05, 0) is 50.1 Å². The summed E-state index contributed by atoms with van der Waals surface area (Å²) in [5.41, 5.74) is 6.55. The normalized spacial score (nSPS) is 20.0. The van der Waals surface area contributed by atoms with Crippen molar-refractivity contribution >= 4 is 29.4 Å². The Morgan fingerprint density at radius 1 is 1.26 bits per heavy atom. The lowest BCUT2D eigenvalue weighted by molar-refractivity contribution is -0.384. The topological polar surface area (TPSA) is 145 Å². The molecule has 2 heterocycles. The average Bonchev–Trinajstić information content (AvgIpc) is 3.00. The number of esters is 1. The molecule has 10 heteroatoms. The molecule has 184 valence electrons. The van der Waals surface area contributed by atoms with Gasteiger partial charge in [-0.3, -0.25) is 19.7 Å². The first-order valence-electron chi connectivity index (χ1n) is 11.2. The molecule has 2 atom stereocenters. The van der Waals surface area contributed by atoms with Crippen molar-refractivity contribution in [1.29, 1.82) is 0 Å². The van der Waals surface area contributed by atoms with Crippen LogP contribution in [0.25, 0.3) is 6.08 Å². The molecule has 2 aromatic rings. The van der Waals surface area contributed by atoms with Gasteiger partial charge >= 0.3 is 11.9 Å². The van der Waals surface area contributed by atoms with Crippen LogP contribution in [0.4, 0.5) is 11.4 Å². The number of anilines is 1. The fraction of sp³-hybridized carbons (Fsp3) is 0.360. The second kappa shape index (κ2) is 9.03. The van der Waals surface area contributed by atoms with E-state index >= 15 is 0 Å². The first-order valence-corrected chi connectivity index (χ1v) is 11.2. The number of non-ortho nitro benzene ring substituents is 1. The largest absolute Gasteiger partial charge is 0.480 e. The van der Waals surface area contributed by atoms with Gasteiger partial charge in [-0.2, -0.15) is 0 Å². The van der Waals surface area contributed by atoms with E-state index in [2.05, 4.69) is 13.8 Å². The number of carboxylic acids is 1. The van der Waals surface area contributed by atoms with Crippen LogP contribution in [0.1, 0.15) is 37.8 Å². The Labute approximate surface area is 202 Å². The third-order valence-corrected chi connectivity index (χ3v) is 6.68. The quantitative estimate of drug-likeness (QED) is 0.330. The molecule has 0 aliphatic carbocycles. The molecule has 2 aliphatic rings. The van der Waals surface area contributed by atoms with Gasteiger partial charge in [-0.25, -0.2) is 0 Å². The van der Waals surface area contributed by atoms with Crippen LogP contribution in [-0.2, 0) is 19.7 Å². The number of nitro benzene ring substituents is 1. The number of benzene rings is 2. The lowest BCUT2D eigenvalue weighted by atomic mass is 9.76. The van der Waals surface area contributed by atoms with Crippen LogP contribution in [0.15, 0.2) is 48.5 Å². The average molecular weight is 482 g/mol. The number of nitrogens with two attached hydrogens (primary N) is 1. The molecule has 35 heavy (non-hydrogen) atoms. The molecule has 0 fully saturated rings. The molecule has 2 unspecified atom stereocenters. The third kappa shape index (κ3) is 4.21. The molecule has 0 aromatic heterocycles. The number of hydrogen-bond acceptors (Lipinski definition) is 8. The zero-order valence-electron chi connectivity index (χ0n) is 19.5. The first kappa shape index (κ1) is 24.2. The van der Waals surface area contributed by atoms with Crippen LogP contribution in [0.3, 0.4) is 0 Å². The number of hydrogen-bond donors (Lipinski definition) is 2. The predicted octanol–water partition coefficient (Wildman–Crippen LogP) is 3.23. The maximum atomic E-state index is 12.1. The lowest BCUT2D eigenvalue weighted by Gasteiger charge is -2.47. The summed E-state index contributed by atoms with van der Waals surface area (Å²) in [7, 11) is 0. The highest BCUT2D eigenvalue weighted by Crippen LogP contribution is 2.54. The Hall–Kier alpha value is -3.92. The van der Waals surface area contributed by atoms with Gasteiger partial charge in [0.1, 0.15) is 18.4 Å². The minimum absolute atomic E-state index is 0.00749. The predicted molar refractivity (Wildman–Crippen MR) is 128 cm³/mol. The second-order valence-electron chi connectivity index (χ2n) is 9.11. The molecule has 0 radical (unpaired) electrons. The Bertz CT molecular complexity index is 1210. The smallest absolute Gasteiger partial charge is 0.320 e. The number of para-hydroxylation sites is 1. The summed E-state index contributed by atoms with van der Waals surface area (Å²) in [5, 5.41) is 20.1. The molecule has 4 rings (SSSR count). The van der Waals surface area contributed by atoms with Crippen molar-refractivity contribution in [3.8, 4) is 5.75 Å². The molecule has 2 aromatic carbocycles. The van der Waals surface area contributed by atoms with Crippen LogP contribution in [-0.4, -0.2) is 46.9 Å². The Morgan fingerprint density at radius 3 is 2.71 bits per heavy atom. The van der Waals surface area contributed by atoms with Crippen LogP contribution in [0, 0.1) is 10.1 Å². The van der Waals surface area contributed by atoms with Crippen LogP contribution in [0.2, 0.25) is 0 Å². The molecule has 3 N–H and O–H groups in total. The maximum absolute atomic E-state index is 12.1. The number of fused-ring (bicyclic) bond motifs is 2. The van der Waals surface area contributed by atoms with E-state index in [0.29, 0.717) is 17.9 Å². The van der Waals surface area contributed by atoms with Gasteiger partial charge < -0.3 is 25.2 Å². The fourth-order valence-electron chi connectivity index (χ4n) is 4.71. The zero-order valence-corrected chi connectivity index (χ0v) is 19.5. The van der Waals surface area contributed by atoms with E-state index in [1.165, 1.54) is 12.1 Å². The van der Waals surface area contributed by atoms with Gasteiger partial charge in [0.05, 0.1) is 16.9 Å². The SMILES string of the molecule is CC1(C)c2ccccc2N(CCOC(=O)CCC(N)C(=O)O)C12C=Cc1cc([N+](=O)[O-])ccc1O2. The first-order chi connectivity index (χ1) is 16.6. The highest BCUT2D eigenvalue weighted by molar-refractivity contribution is 5.76. The van der Waals surface area contributed by atoms with E-state index in [1.807, 2.05) is 41.3 Å². The Balaban J connectivity index is 1.58. The number of nitrogens with zero attached hydrogens (tertiary/aromatic N) is 2. The van der Waals surface area contributed by atoms with Crippen molar-refractivity contribution in [2.45, 2.75) is 43.9 Å². The molecule has 0 amide bonds. The van der Waals surface area contributed by atoms with Gasteiger partial charge in [-0.15, -0.1) is 0 Å². The van der Waals surface area contributed by atoms with Crippen molar-refractivity contribution in [2.75, 3.05) is 18.1 Å². The van der Waals surface area contributed by atoms with Crippen molar-refractivity contribution in [3.63, 3.8) is 0 Å². The van der Waals surface area contributed by atoms with Crippen LogP contribution < -0.4 is 15.4 Å². The molecule has 0 saturated carbocycles. The van der Waals surface area contributed by atoms with E-state index < -0.39 is 34.0 Å². The molecular formula is C25H27N3O7. The molecular weight excluding hydrogens is 454 g/mol. The van der Waals surface area contributed by atoms with Gasteiger partial charge in [0.15, 0.2) is 0 Å². The van der Waals surface area contributed by atoms with Crippen molar-refractivity contribution in [3.05, 3.63) is 69.8 Å². The minimum Gasteiger partial charge on any atom is -0.480 e. The molecule has 0 bridgehead atoms.